The molecule has 1 aromatic carbocycles. The molecule has 0 bridgehead atoms. The molecule has 3 heteroatoms. The molecule has 1 aliphatic rings. The minimum atomic E-state index is 0.713. The van der Waals surface area contributed by atoms with E-state index in [0.29, 0.717) is 6.04 Å². The van der Waals surface area contributed by atoms with Crippen LogP contribution < -0.4 is 5.73 Å². The molecule has 0 radical (unpaired) electrons. The third-order valence-electron chi connectivity index (χ3n) is 4.37. The number of nitrogens with zero attached hydrogens (tertiary/aromatic N) is 2. The third kappa shape index (κ3) is 2.84. The Morgan fingerprint density at radius 2 is 1.95 bits per heavy atom. The van der Waals surface area contributed by atoms with Crippen molar-refractivity contribution < 1.29 is 0 Å². The van der Waals surface area contributed by atoms with Crippen LogP contribution >= 0.6 is 0 Å². The Morgan fingerprint density at radius 1 is 1.15 bits per heavy atom. The molecule has 1 heterocycles. The van der Waals surface area contributed by atoms with E-state index in [1.807, 2.05) is 12.3 Å². The molecule has 1 saturated carbocycles. The molecule has 2 aromatic rings. The van der Waals surface area contributed by atoms with Crippen molar-refractivity contribution in [3.63, 3.8) is 0 Å². The van der Waals surface area contributed by atoms with E-state index in [2.05, 4.69) is 34.1 Å². The molecule has 1 aromatic heterocycles. The van der Waals surface area contributed by atoms with E-state index >= 15 is 0 Å². The van der Waals surface area contributed by atoms with E-state index in [0.717, 1.165) is 25.2 Å². The first-order valence-corrected chi connectivity index (χ1v) is 7.65. The highest BCUT2D eigenvalue weighted by molar-refractivity contribution is 5.81. The summed E-state index contributed by atoms with van der Waals surface area (Å²) in [7, 11) is 0. The average molecular weight is 269 g/mol. The minimum absolute atomic E-state index is 0.713. The number of para-hydroxylation sites is 1. The van der Waals surface area contributed by atoms with Gasteiger partial charge in [-0.3, -0.25) is 9.88 Å². The fourth-order valence-corrected chi connectivity index (χ4v) is 3.34. The van der Waals surface area contributed by atoms with Crippen LogP contribution in [0.25, 0.3) is 10.9 Å². The van der Waals surface area contributed by atoms with Gasteiger partial charge in [0, 0.05) is 37.3 Å². The number of aromatic nitrogens is 1. The lowest BCUT2D eigenvalue weighted by atomic mass is 10.1. The molecule has 1 fully saturated rings. The van der Waals surface area contributed by atoms with Gasteiger partial charge in [-0.25, -0.2) is 0 Å². The van der Waals surface area contributed by atoms with Gasteiger partial charge in [0.1, 0.15) is 0 Å². The second kappa shape index (κ2) is 6.33. The highest BCUT2D eigenvalue weighted by Crippen LogP contribution is 2.26. The maximum absolute atomic E-state index is 5.81. The number of rotatable bonds is 5. The zero-order chi connectivity index (χ0) is 13.8. The quantitative estimate of drug-likeness (QED) is 0.907. The lowest BCUT2D eigenvalue weighted by molar-refractivity contribution is 0.196. The maximum Gasteiger partial charge on any atom is 0.0705 e. The molecule has 0 unspecified atom stereocenters. The molecule has 3 nitrogen and oxygen atoms in total. The predicted molar refractivity (Wildman–Crippen MR) is 83.5 cm³/mol. The van der Waals surface area contributed by atoms with E-state index in [-0.39, 0.29) is 0 Å². The molecule has 20 heavy (non-hydrogen) atoms. The fourth-order valence-electron chi connectivity index (χ4n) is 3.34. The van der Waals surface area contributed by atoms with Crippen LogP contribution in [0.2, 0.25) is 0 Å². The molecule has 0 spiro atoms. The zero-order valence-corrected chi connectivity index (χ0v) is 12.0. The van der Waals surface area contributed by atoms with Gasteiger partial charge in [-0.15, -0.1) is 0 Å². The van der Waals surface area contributed by atoms with Crippen LogP contribution in [0.3, 0.4) is 0 Å². The third-order valence-corrected chi connectivity index (χ3v) is 4.37. The number of pyridine rings is 1. The number of benzene rings is 1. The molecular weight excluding hydrogens is 246 g/mol. The summed E-state index contributed by atoms with van der Waals surface area (Å²) in [5.41, 5.74) is 8.27. The summed E-state index contributed by atoms with van der Waals surface area (Å²) in [6, 6.07) is 11.3. The summed E-state index contributed by atoms with van der Waals surface area (Å²) < 4.78 is 0. The van der Waals surface area contributed by atoms with Crippen LogP contribution in [-0.2, 0) is 6.54 Å². The summed E-state index contributed by atoms with van der Waals surface area (Å²) in [5.74, 6) is 0. The smallest absolute Gasteiger partial charge is 0.0705 e. The highest BCUT2D eigenvalue weighted by atomic mass is 15.2. The lowest BCUT2D eigenvalue weighted by Crippen LogP contribution is -2.36. The summed E-state index contributed by atoms with van der Waals surface area (Å²) in [5, 5.41) is 1.27. The van der Waals surface area contributed by atoms with Gasteiger partial charge < -0.3 is 5.73 Å². The summed E-state index contributed by atoms with van der Waals surface area (Å²) >= 11 is 0. The van der Waals surface area contributed by atoms with Crippen molar-refractivity contribution in [2.75, 3.05) is 13.1 Å². The largest absolute Gasteiger partial charge is 0.329 e. The van der Waals surface area contributed by atoms with Crippen molar-refractivity contribution in [2.45, 2.75) is 38.3 Å². The van der Waals surface area contributed by atoms with E-state index in [1.54, 1.807) is 0 Å². The Morgan fingerprint density at radius 3 is 2.75 bits per heavy atom. The monoisotopic (exact) mass is 269 g/mol. The van der Waals surface area contributed by atoms with Crippen LogP contribution in [0.4, 0.5) is 0 Å². The highest BCUT2D eigenvalue weighted by Gasteiger charge is 2.22. The second-order valence-electron chi connectivity index (χ2n) is 5.68. The van der Waals surface area contributed by atoms with Crippen molar-refractivity contribution in [1.82, 2.24) is 9.88 Å². The predicted octanol–water partition coefficient (Wildman–Crippen LogP) is 2.94. The Kier molecular flexibility index (Phi) is 4.28. The average Bonchev–Trinajstić information content (AvgIpc) is 3.01. The SMILES string of the molecule is NCCN(Cc1ccnc2ccccc12)C1CCCC1. The van der Waals surface area contributed by atoms with E-state index < -0.39 is 0 Å². The van der Waals surface area contributed by atoms with Gasteiger partial charge >= 0.3 is 0 Å². The number of fused-ring (bicyclic) bond motifs is 1. The van der Waals surface area contributed by atoms with Crippen LogP contribution in [0, 0.1) is 0 Å². The van der Waals surface area contributed by atoms with Crippen LogP contribution in [0.5, 0.6) is 0 Å². The lowest BCUT2D eigenvalue weighted by Gasteiger charge is -2.28. The molecule has 0 atom stereocenters. The Bertz CT molecular complexity index is 556. The first-order chi connectivity index (χ1) is 9.88. The molecular formula is C17H23N3. The summed E-state index contributed by atoms with van der Waals surface area (Å²) in [6.07, 6.45) is 7.30. The molecule has 0 aliphatic heterocycles. The second-order valence-corrected chi connectivity index (χ2v) is 5.68. The fraction of sp³-hybridized carbons (Fsp3) is 0.471. The van der Waals surface area contributed by atoms with E-state index in [4.69, 9.17) is 5.73 Å². The molecule has 3 rings (SSSR count). The van der Waals surface area contributed by atoms with Gasteiger partial charge in [-0.05, 0) is 30.5 Å². The topological polar surface area (TPSA) is 42.1 Å². The van der Waals surface area contributed by atoms with Crippen molar-refractivity contribution in [2.24, 2.45) is 5.73 Å². The van der Waals surface area contributed by atoms with Crippen molar-refractivity contribution in [3.05, 3.63) is 42.1 Å². The molecule has 106 valence electrons. The van der Waals surface area contributed by atoms with Crippen LogP contribution in [0.15, 0.2) is 36.5 Å². The normalized spacial score (nSPS) is 16.3. The van der Waals surface area contributed by atoms with E-state index in [1.165, 1.54) is 36.6 Å². The molecule has 1 aliphatic carbocycles. The van der Waals surface area contributed by atoms with Gasteiger partial charge in [0.15, 0.2) is 0 Å². The van der Waals surface area contributed by atoms with Crippen LogP contribution in [0.1, 0.15) is 31.2 Å². The Labute approximate surface area is 120 Å². The van der Waals surface area contributed by atoms with E-state index in [9.17, 15) is 0 Å². The number of hydrogen-bond donors (Lipinski definition) is 1. The van der Waals surface area contributed by atoms with Gasteiger partial charge in [0.05, 0.1) is 5.52 Å². The molecule has 2 N–H and O–H groups in total. The molecule has 0 saturated heterocycles. The van der Waals surface area contributed by atoms with Gasteiger partial charge in [-0.2, -0.15) is 0 Å². The Balaban J connectivity index is 1.86. The molecule has 0 amide bonds. The standard InChI is InChI=1S/C17H23N3/c18-10-12-20(15-5-1-2-6-15)13-14-9-11-19-17-8-4-3-7-16(14)17/h3-4,7-9,11,15H,1-2,5-6,10,12-13,18H2. The summed E-state index contributed by atoms with van der Waals surface area (Å²) in [4.78, 5) is 7.01. The van der Waals surface area contributed by atoms with Gasteiger partial charge in [0.2, 0.25) is 0 Å². The minimum Gasteiger partial charge on any atom is -0.329 e. The number of hydrogen-bond acceptors (Lipinski definition) is 3. The van der Waals surface area contributed by atoms with Crippen molar-refractivity contribution in [1.29, 1.82) is 0 Å². The first-order valence-electron chi connectivity index (χ1n) is 7.65. The van der Waals surface area contributed by atoms with Crippen molar-refractivity contribution >= 4 is 10.9 Å². The Hall–Kier alpha value is -1.45. The number of nitrogens with two attached hydrogens (primary N) is 1. The van der Waals surface area contributed by atoms with Gasteiger partial charge in [-0.1, -0.05) is 31.0 Å². The van der Waals surface area contributed by atoms with Gasteiger partial charge in [0.25, 0.3) is 0 Å². The summed E-state index contributed by atoms with van der Waals surface area (Å²) in [6.45, 7) is 2.71. The zero-order valence-electron chi connectivity index (χ0n) is 12.0. The van der Waals surface area contributed by atoms with Crippen molar-refractivity contribution in [3.8, 4) is 0 Å². The first kappa shape index (κ1) is 13.5. The van der Waals surface area contributed by atoms with Crippen LogP contribution in [-0.4, -0.2) is 29.0 Å². The maximum atomic E-state index is 5.81.